The van der Waals surface area contributed by atoms with Crippen LogP contribution in [0.2, 0.25) is 0 Å². The van der Waals surface area contributed by atoms with Crippen LogP contribution in [-0.2, 0) is 4.84 Å². The zero-order valence-electron chi connectivity index (χ0n) is 11.5. The van der Waals surface area contributed by atoms with Crippen LogP contribution >= 0.6 is 23.5 Å². The first-order valence-corrected chi connectivity index (χ1v) is 8.72. The summed E-state index contributed by atoms with van der Waals surface area (Å²) >= 11 is 3.91. The number of hydroxylamine groups is 2. The molecule has 0 radical (unpaired) electrons. The lowest BCUT2D eigenvalue weighted by Gasteiger charge is -2.52. The fourth-order valence-electron chi connectivity index (χ4n) is 2.87. The van der Waals surface area contributed by atoms with Crippen LogP contribution in [0.1, 0.15) is 53.4 Å². The number of piperidine rings is 1. The Morgan fingerprint density at radius 2 is 1.47 bits per heavy atom. The van der Waals surface area contributed by atoms with E-state index in [1.807, 2.05) is 23.5 Å². The summed E-state index contributed by atoms with van der Waals surface area (Å²) in [7, 11) is 0. The number of nitrogens with zero attached hydrogens (tertiary/aromatic N) is 1. The Hall–Kier alpha value is 0.620. The molecular formula is C13H25NOS2. The predicted molar refractivity (Wildman–Crippen MR) is 78.3 cm³/mol. The molecule has 2 fully saturated rings. The smallest absolute Gasteiger partial charge is 0.171 e. The van der Waals surface area contributed by atoms with Crippen molar-refractivity contribution in [2.45, 2.75) is 69.2 Å². The molecule has 0 bridgehead atoms. The average molecular weight is 275 g/mol. The van der Waals surface area contributed by atoms with E-state index < -0.39 is 0 Å². The van der Waals surface area contributed by atoms with E-state index in [0.29, 0.717) is 4.77 Å². The first-order chi connectivity index (χ1) is 7.92. The van der Waals surface area contributed by atoms with Crippen molar-refractivity contribution in [3.63, 3.8) is 0 Å². The lowest BCUT2D eigenvalue weighted by molar-refractivity contribution is -0.275. The van der Waals surface area contributed by atoms with Crippen molar-refractivity contribution in [1.29, 1.82) is 0 Å². The van der Waals surface area contributed by atoms with E-state index >= 15 is 0 Å². The Labute approximate surface area is 114 Å². The van der Waals surface area contributed by atoms with Gasteiger partial charge in [0.25, 0.3) is 0 Å². The molecule has 2 saturated heterocycles. The highest BCUT2D eigenvalue weighted by Gasteiger charge is 2.43. The highest BCUT2D eigenvalue weighted by molar-refractivity contribution is 8.17. The fraction of sp³-hybridized carbons (Fsp3) is 1.00. The van der Waals surface area contributed by atoms with Crippen LogP contribution in [0.5, 0.6) is 0 Å². The monoisotopic (exact) mass is 275 g/mol. The Morgan fingerprint density at radius 3 is 2.00 bits per heavy atom. The van der Waals surface area contributed by atoms with E-state index in [-0.39, 0.29) is 11.1 Å². The van der Waals surface area contributed by atoms with Crippen LogP contribution in [0.15, 0.2) is 0 Å². The molecule has 0 aromatic heterocycles. The van der Waals surface area contributed by atoms with Crippen LogP contribution in [0.25, 0.3) is 0 Å². The molecule has 0 unspecified atom stereocenters. The van der Waals surface area contributed by atoms with E-state index in [1.165, 1.54) is 37.2 Å². The minimum Gasteiger partial charge on any atom is -0.273 e. The van der Waals surface area contributed by atoms with Crippen molar-refractivity contribution in [1.82, 2.24) is 5.06 Å². The molecule has 2 heterocycles. The van der Waals surface area contributed by atoms with E-state index in [0.717, 1.165) is 0 Å². The Balaban J connectivity index is 2.03. The summed E-state index contributed by atoms with van der Waals surface area (Å²) in [6.45, 7) is 9.25. The summed E-state index contributed by atoms with van der Waals surface area (Å²) in [4.78, 5) is 6.32. The van der Waals surface area contributed by atoms with Gasteiger partial charge in [-0.2, -0.15) is 5.06 Å². The summed E-state index contributed by atoms with van der Waals surface area (Å²) < 4.78 is 0.306. The van der Waals surface area contributed by atoms with Crippen LogP contribution in [0.4, 0.5) is 0 Å². The van der Waals surface area contributed by atoms with Gasteiger partial charge >= 0.3 is 0 Å². The van der Waals surface area contributed by atoms with Crippen molar-refractivity contribution in [2.24, 2.45) is 0 Å². The van der Waals surface area contributed by atoms with Gasteiger partial charge in [-0.05, 0) is 64.9 Å². The van der Waals surface area contributed by atoms with Gasteiger partial charge in [-0.15, -0.1) is 23.5 Å². The topological polar surface area (TPSA) is 12.5 Å². The average Bonchev–Trinajstić information content (AvgIpc) is 2.25. The zero-order chi connectivity index (χ0) is 12.5. The molecule has 0 aliphatic carbocycles. The second kappa shape index (κ2) is 5.32. The second-order valence-corrected chi connectivity index (χ2v) is 8.90. The highest BCUT2D eigenvalue weighted by atomic mass is 32.2. The number of hydrogen-bond donors (Lipinski definition) is 0. The third-order valence-corrected chi connectivity index (χ3v) is 6.25. The summed E-state index contributed by atoms with van der Waals surface area (Å²) in [6, 6.07) is 0. The van der Waals surface area contributed by atoms with Gasteiger partial charge in [0.15, 0.2) is 4.77 Å². The highest BCUT2D eigenvalue weighted by Crippen LogP contribution is 2.42. The normalized spacial score (nSPS) is 30.4. The maximum Gasteiger partial charge on any atom is 0.171 e. The fourth-order valence-corrected chi connectivity index (χ4v) is 5.32. The summed E-state index contributed by atoms with van der Waals surface area (Å²) in [6.07, 6.45) is 5.10. The van der Waals surface area contributed by atoms with Gasteiger partial charge in [0.2, 0.25) is 0 Å². The third kappa shape index (κ3) is 3.34. The summed E-state index contributed by atoms with van der Waals surface area (Å²) in [5.74, 6) is 2.48. The van der Waals surface area contributed by atoms with Crippen LogP contribution in [-0.4, -0.2) is 32.4 Å². The van der Waals surface area contributed by atoms with Crippen molar-refractivity contribution in [3.8, 4) is 0 Å². The maximum absolute atomic E-state index is 6.32. The van der Waals surface area contributed by atoms with Gasteiger partial charge in [0.05, 0.1) is 0 Å². The van der Waals surface area contributed by atoms with E-state index in [4.69, 9.17) is 4.84 Å². The van der Waals surface area contributed by atoms with E-state index in [1.54, 1.807) is 0 Å². The SMILES string of the molecule is CC1(C)CCCC(C)(C)N1OC1SCCCS1. The standard InChI is InChI=1S/C13H25NOS2/c1-12(2)7-5-8-13(3,4)14(12)15-11-16-9-6-10-17-11/h11H,5-10H2,1-4H3. The molecule has 0 spiro atoms. The molecule has 0 atom stereocenters. The van der Waals surface area contributed by atoms with Crippen molar-refractivity contribution < 1.29 is 4.84 Å². The molecule has 2 aliphatic heterocycles. The lowest BCUT2D eigenvalue weighted by atomic mass is 9.82. The molecule has 2 aliphatic rings. The molecule has 100 valence electrons. The summed E-state index contributed by atoms with van der Waals surface area (Å²) in [5.41, 5.74) is 0.334. The molecule has 0 saturated carbocycles. The Bertz CT molecular complexity index is 246. The molecule has 4 heteroatoms. The van der Waals surface area contributed by atoms with Gasteiger partial charge in [0, 0.05) is 11.1 Å². The molecule has 0 amide bonds. The van der Waals surface area contributed by atoms with Crippen molar-refractivity contribution >= 4 is 23.5 Å². The van der Waals surface area contributed by atoms with Crippen LogP contribution in [0.3, 0.4) is 0 Å². The van der Waals surface area contributed by atoms with Gasteiger partial charge in [-0.25, -0.2) is 0 Å². The van der Waals surface area contributed by atoms with Crippen molar-refractivity contribution in [3.05, 3.63) is 0 Å². The van der Waals surface area contributed by atoms with Gasteiger partial charge in [-0.3, -0.25) is 4.84 Å². The largest absolute Gasteiger partial charge is 0.273 e. The van der Waals surface area contributed by atoms with E-state index in [2.05, 4.69) is 32.8 Å². The lowest BCUT2D eigenvalue weighted by Crippen LogP contribution is -2.58. The molecular weight excluding hydrogens is 250 g/mol. The Kier molecular flexibility index (Phi) is 4.39. The molecule has 2 nitrogen and oxygen atoms in total. The first kappa shape index (κ1) is 14.0. The van der Waals surface area contributed by atoms with Crippen molar-refractivity contribution in [2.75, 3.05) is 11.5 Å². The third-order valence-electron chi connectivity index (χ3n) is 3.66. The number of hydrogen-bond acceptors (Lipinski definition) is 4. The maximum atomic E-state index is 6.32. The molecule has 17 heavy (non-hydrogen) atoms. The molecule has 0 N–H and O–H groups in total. The molecule has 0 aromatic carbocycles. The first-order valence-electron chi connectivity index (χ1n) is 6.62. The van der Waals surface area contributed by atoms with Gasteiger partial charge in [0.1, 0.15) is 0 Å². The van der Waals surface area contributed by atoms with Gasteiger partial charge in [-0.1, -0.05) is 0 Å². The van der Waals surface area contributed by atoms with Crippen LogP contribution < -0.4 is 0 Å². The van der Waals surface area contributed by atoms with Gasteiger partial charge < -0.3 is 0 Å². The number of thioether (sulfide) groups is 2. The quantitative estimate of drug-likeness (QED) is 0.751. The second-order valence-electron chi connectivity index (χ2n) is 6.26. The zero-order valence-corrected chi connectivity index (χ0v) is 13.1. The molecule has 0 aromatic rings. The van der Waals surface area contributed by atoms with E-state index in [9.17, 15) is 0 Å². The molecule has 2 rings (SSSR count). The number of rotatable bonds is 2. The minimum atomic E-state index is 0.167. The summed E-state index contributed by atoms with van der Waals surface area (Å²) in [5, 5.41) is 2.29. The predicted octanol–water partition coefficient (Wildman–Crippen LogP) is 4.11. The minimum absolute atomic E-state index is 0.167. The Morgan fingerprint density at radius 1 is 0.941 bits per heavy atom. The van der Waals surface area contributed by atoms with Crippen LogP contribution in [0, 0.1) is 0 Å².